The van der Waals surface area contributed by atoms with Crippen LogP contribution < -0.4 is 0 Å². The van der Waals surface area contributed by atoms with Crippen LogP contribution in [0.1, 0.15) is 38.5 Å². The van der Waals surface area contributed by atoms with Crippen LogP contribution in [-0.4, -0.2) is 24.3 Å². The minimum absolute atomic E-state index is 0.137. The minimum atomic E-state index is -0.883. The quantitative estimate of drug-likeness (QED) is 0.727. The smallest absolute Gasteiger partial charge is 0.335 e. The summed E-state index contributed by atoms with van der Waals surface area (Å²) in [7, 11) is 1.37. The number of carbonyl (C=O) groups excluding carboxylic acids is 1. The molecular weight excluding hydrogens is 204 g/mol. The first kappa shape index (κ1) is 10.6. The molecule has 0 aliphatic heterocycles. The standard InChI is InChI=1S/C13H20O3/c1-16-12(15)11(14)13-5-8-2-9(6-13)4-10(3-8)7-13/h8-11,14H,2-7H2,1H3. The monoisotopic (exact) mass is 224 g/mol. The van der Waals surface area contributed by atoms with Crippen molar-refractivity contribution in [2.24, 2.45) is 23.2 Å². The fourth-order valence-corrected chi connectivity index (χ4v) is 4.87. The fourth-order valence-electron chi connectivity index (χ4n) is 4.87. The second-order valence-corrected chi connectivity index (χ2v) is 6.21. The summed E-state index contributed by atoms with van der Waals surface area (Å²) in [5, 5.41) is 10.2. The zero-order valence-corrected chi connectivity index (χ0v) is 9.82. The van der Waals surface area contributed by atoms with Crippen molar-refractivity contribution >= 4 is 5.97 Å². The van der Waals surface area contributed by atoms with E-state index in [2.05, 4.69) is 0 Å². The Morgan fingerprint density at radius 1 is 1.19 bits per heavy atom. The SMILES string of the molecule is COC(=O)C(O)C12CC3CC(CC(C3)C1)C2. The van der Waals surface area contributed by atoms with Gasteiger partial charge in [-0.3, -0.25) is 0 Å². The number of aliphatic hydroxyl groups is 1. The molecule has 1 N–H and O–H groups in total. The number of hydrogen-bond donors (Lipinski definition) is 1. The van der Waals surface area contributed by atoms with Crippen molar-refractivity contribution in [2.45, 2.75) is 44.6 Å². The minimum Gasteiger partial charge on any atom is -0.467 e. The van der Waals surface area contributed by atoms with Crippen molar-refractivity contribution in [3.05, 3.63) is 0 Å². The number of esters is 1. The molecule has 4 rings (SSSR count). The largest absolute Gasteiger partial charge is 0.467 e. The van der Waals surface area contributed by atoms with Crippen LogP contribution in [0.4, 0.5) is 0 Å². The Labute approximate surface area is 96.2 Å². The zero-order valence-electron chi connectivity index (χ0n) is 9.82. The molecule has 0 aromatic rings. The second-order valence-electron chi connectivity index (χ2n) is 6.21. The molecule has 16 heavy (non-hydrogen) atoms. The Kier molecular flexibility index (Phi) is 2.29. The summed E-state index contributed by atoms with van der Waals surface area (Å²) in [6.07, 6.45) is 6.21. The van der Waals surface area contributed by atoms with E-state index in [4.69, 9.17) is 4.74 Å². The van der Waals surface area contributed by atoms with Crippen LogP contribution in [0.5, 0.6) is 0 Å². The van der Waals surface area contributed by atoms with Crippen molar-refractivity contribution < 1.29 is 14.6 Å². The van der Waals surface area contributed by atoms with Crippen molar-refractivity contribution in [3.8, 4) is 0 Å². The lowest BCUT2D eigenvalue weighted by molar-refractivity contribution is -0.173. The van der Waals surface area contributed by atoms with E-state index >= 15 is 0 Å². The molecule has 0 aromatic carbocycles. The lowest BCUT2D eigenvalue weighted by Gasteiger charge is -2.57. The molecular formula is C13H20O3. The molecule has 3 nitrogen and oxygen atoms in total. The molecule has 4 bridgehead atoms. The Hall–Kier alpha value is -0.570. The van der Waals surface area contributed by atoms with E-state index in [1.54, 1.807) is 0 Å². The van der Waals surface area contributed by atoms with Crippen LogP contribution in [-0.2, 0) is 9.53 Å². The molecule has 0 radical (unpaired) electrons. The number of rotatable bonds is 2. The van der Waals surface area contributed by atoms with Crippen molar-refractivity contribution in [1.82, 2.24) is 0 Å². The van der Waals surface area contributed by atoms with Gasteiger partial charge in [-0.2, -0.15) is 0 Å². The maximum Gasteiger partial charge on any atom is 0.335 e. The van der Waals surface area contributed by atoms with Crippen LogP contribution >= 0.6 is 0 Å². The number of hydrogen-bond acceptors (Lipinski definition) is 3. The molecule has 4 aliphatic carbocycles. The van der Waals surface area contributed by atoms with Gasteiger partial charge in [0.05, 0.1) is 7.11 Å². The summed E-state index contributed by atoms with van der Waals surface area (Å²) >= 11 is 0. The summed E-state index contributed by atoms with van der Waals surface area (Å²) in [4.78, 5) is 11.6. The molecule has 4 fully saturated rings. The molecule has 4 saturated carbocycles. The zero-order chi connectivity index (χ0) is 11.3. The summed E-state index contributed by atoms with van der Waals surface area (Å²) < 4.78 is 4.71. The molecule has 0 aromatic heterocycles. The summed E-state index contributed by atoms with van der Waals surface area (Å²) in [5.41, 5.74) is -0.137. The second kappa shape index (κ2) is 3.46. The first-order chi connectivity index (χ1) is 7.63. The van der Waals surface area contributed by atoms with Gasteiger partial charge in [0, 0.05) is 5.41 Å². The Bertz CT molecular complexity index is 275. The number of methoxy groups -OCH3 is 1. The highest BCUT2D eigenvalue weighted by molar-refractivity contribution is 5.75. The topological polar surface area (TPSA) is 46.5 Å². The van der Waals surface area contributed by atoms with Crippen LogP contribution in [0.25, 0.3) is 0 Å². The number of carbonyl (C=O) groups is 1. The normalized spacial score (nSPS) is 46.8. The average molecular weight is 224 g/mol. The average Bonchev–Trinajstić information content (AvgIpc) is 2.25. The van der Waals surface area contributed by atoms with Gasteiger partial charge in [0.15, 0.2) is 6.10 Å². The van der Waals surface area contributed by atoms with Gasteiger partial charge in [0.25, 0.3) is 0 Å². The van der Waals surface area contributed by atoms with Gasteiger partial charge >= 0.3 is 5.97 Å². The van der Waals surface area contributed by atoms with Crippen molar-refractivity contribution in [1.29, 1.82) is 0 Å². The van der Waals surface area contributed by atoms with E-state index in [1.807, 2.05) is 0 Å². The van der Waals surface area contributed by atoms with E-state index in [0.717, 1.165) is 37.0 Å². The summed E-state index contributed by atoms with van der Waals surface area (Å²) in [6, 6.07) is 0. The molecule has 0 amide bonds. The maximum absolute atomic E-state index is 11.6. The molecule has 0 heterocycles. The third-order valence-corrected chi connectivity index (χ3v) is 5.09. The third-order valence-electron chi connectivity index (χ3n) is 5.09. The first-order valence-corrected chi connectivity index (χ1v) is 6.39. The Morgan fingerprint density at radius 3 is 2.00 bits per heavy atom. The van der Waals surface area contributed by atoms with Crippen LogP contribution in [0.3, 0.4) is 0 Å². The van der Waals surface area contributed by atoms with E-state index in [-0.39, 0.29) is 5.41 Å². The maximum atomic E-state index is 11.6. The van der Waals surface area contributed by atoms with E-state index in [1.165, 1.54) is 26.4 Å². The van der Waals surface area contributed by atoms with E-state index in [0.29, 0.717) is 0 Å². The van der Waals surface area contributed by atoms with Gasteiger partial charge in [-0.25, -0.2) is 4.79 Å². The van der Waals surface area contributed by atoms with Gasteiger partial charge in [0.1, 0.15) is 0 Å². The van der Waals surface area contributed by atoms with Crippen LogP contribution in [0.15, 0.2) is 0 Å². The molecule has 1 atom stereocenters. The molecule has 4 aliphatic rings. The van der Waals surface area contributed by atoms with Gasteiger partial charge in [0.2, 0.25) is 0 Å². The summed E-state index contributed by atoms with van der Waals surface area (Å²) in [5.74, 6) is 1.84. The van der Waals surface area contributed by atoms with Crippen LogP contribution in [0.2, 0.25) is 0 Å². The molecule has 0 spiro atoms. The lowest BCUT2D eigenvalue weighted by Crippen LogP contribution is -2.54. The Balaban J connectivity index is 1.85. The van der Waals surface area contributed by atoms with Gasteiger partial charge in [-0.1, -0.05) is 0 Å². The van der Waals surface area contributed by atoms with Crippen LogP contribution in [0, 0.1) is 23.2 Å². The highest BCUT2D eigenvalue weighted by Crippen LogP contribution is 2.61. The molecule has 0 saturated heterocycles. The van der Waals surface area contributed by atoms with Gasteiger partial charge in [-0.15, -0.1) is 0 Å². The highest BCUT2D eigenvalue weighted by atomic mass is 16.5. The predicted octanol–water partition coefficient (Wildman–Crippen LogP) is 1.74. The Morgan fingerprint density at radius 2 is 1.62 bits per heavy atom. The van der Waals surface area contributed by atoms with Gasteiger partial charge in [-0.05, 0) is 56.3 Å². The predicted molar refractivity (Wildman–Crippen MR) is 58.6 cm³/mol. The third kappa shape index (κ3) is 1.41. The molecule has 1 unspecified atom stereocenters. The van der Waals surface area contributed by atoms with E-state index in [9.17, 15) is 9.90 Å². The molecule has 90 valence electrons. The highest BCUT2D eigenvalue weighted by Gasteiger charge is 2.55. The fraction of sp³-hybridized carbons (Fsp3) is 0.923. The first-order valence-electron chi connectivity index (χ1n) is 6.39. The lowest BCUT2D eigenvalue weighted by atomic mass is 9.48. The van der Waals surface area contributed by atoms with Crippen molar-refractivity contribution in [2.75, 3.05) is 7.11 Å². The number of aliphatic hydroxyl groups excluding tert-OH is 1. The number of ether oxygens (including phenoxy) is 1. The van der Waals surface area contributed by atoms with Crippen molar-refractivity contribution in [3.63, 3.8) is 0 Å². The van der Waals surface area contributed by atoms with E-state index < -0.39 is 12.1 Å². The van der Waals surface area contributed by atoms with Gasteiger partial charge < -0.3 is 9.84 Å². The summed E-state index contributed by atoms with van der Waals surface area (Å²) in [6.45, 7) is 0. The molecule has 3 heteroatoms.